The average Bonchev–Trinajstić information content (AvgIpc) is 2.81. The van der Waals surface area contributed by atoms with Crippen LogP contribution in [0.4, 0.5) is 0 Å². The van der Waals surface area contributed by atoms with Crippen LogP contribution in [0.15, 0.2) is 58.5 Å². The number of para-hydroxylation sites is 1. The number of nitriles is 1. The molecule has 0 aliphatic heterocycles. The fourth-order valence-electron chi connectivity index (χ4n) is 4.08. The predicted octanol–water partition coefficient (Wildman–Crippen LogP) is 4.52. The van der Waals surface area contributed by atoms with Crippen LogP contribution >= 0.6 is 11.8 Å². The number of benzene rings is 2. The summed E-state index contributed by atoms with van der Waals surface area (Å²) in [6.45, 7) is 3.78. The zero-order valence-corrected chi connectivity index (χ0v) is 19.1. The van der Waals surface area contributed by atoms with Crippen molar-refractivity contribution >= 4 is 28.6 Å². The van der Waals surface area contributed by atoms with Crippen molar-refractivity contribution in [2.45, 2.75) is 61.9 Å². The van der Waals surface area contributed by atoms with Gasteiger partial charge in [-0.15, -0.1) is 0 Å². The molecule has 2 aromatic carbocycles. The van der Waals surface area contributed by atoms with Gasteiger partial charge in [0.25, 0.3) is 5.56 Å². The summed E-state index contributed by atoms with van der Waals surface area (Å²) in [5.41, 5.74) is 1.42. The quantitative estimate of drug-likeness (QED) is 0.460. The minimum absolute atomic E-state index is 0.171. The molecule has 1 heterocycles. The third-order valence-corrected chi connectivity index (χ3v) is 7.02. The van der Waals surface area contributed by atoms with Crippen molar-refractivity contribution in [2.24, 2.45) is 0 Å². The summed E-state index contributed by atoms with van der Waals surface area (Å²) >= 11 is 1.23. The number of hydrogen-bond donors (Lipinski definition) is 1. The Kier molecular flexibility index (Phi) is 6.33. The normalized spacial score (nSPS) is 16.3. The molecule has 3 aromatic rings. The second kappa shape index (κ2) is 9.17. The van der Waals surface area contributed by atoms with Gasteiger partial charge in [0.2, 0.25) is 5.91 Å². The molecule has 1 N–H and O–H groups in total. The molecule has 1 saturated carbocycles. The highest BCUT2D eigenvalue weighted by atomic mass is 32.2. The van der Waals surface area contributed by atoms with Gasteiger partial charge in [-0.1, -0.05) is 60.9 Å². The van der Waals surface area contributed by atoms with Gasteiger partial charge in [0.05, 0.1) is 27.9 Å². The van der Waals surface area contributed by atoms with E-state index in [-0.39, 0.29) is 11.5 Å². The van der Waals surface area contributed by atoms with Crippen LogP contribution in [0.2, 0.25) is 0 Å². The van der Waals surface area contributed by atoms with Crippen LogP contribution in [0, 0.1) is 18.3 Å². The topological polar surface area (TPSA) is 87.8 Å². The van der Waals surface area contributed by atoms with Gasteiger partial charge < -0.3 is 5.32 Å². The standard InChI is InChI=1S/C25H26N4O2S/c1-17-10-12-19(13-11-17)29-23(31)20-8-4-5-9-21(20)27-24(29)32-18(2)22(30)28-25(16-26)14-6-3-7-15-25/h4-5,8-13,18H,3,6-7,14-15H2,1-2H3,(H,28,30)/t18-/m0/s1. The molecule has 1 atom stereocenters. The van der Waals surface area contributed by atoms with Gasteiger partial charge in [-0.3, -0.25) is 14.2 Å². The molecular weight excluding hydrogens is 420 g/mol. The van der Waals surface area contributed by atoms with Crippen LogP contribution in [0.25, 0.3) is 16.6 Å². The number of carbonyl (C=O) groups is 1. The van der Waals surface area contributed by atoms with E-state index in [2.05, 4.69) is 11.4 Å². The van der Waals surface area contributed by atoms with Crippen molar-refractivity contribution < 1.29 is 4.79 Å². The molecule has 164 valence electrons. The molecule has 0 spiro atoms. The van der Waals surface area contributed by atoms with Gasteiger partial charge >= 0.3 is 0 Å². The van der Waals surface area contributed by atoms with E-state index in [9.17, 15) is 14.9 Å². The molecule has 1 aliphatic rings. The lowest BCUT2D eigenvalue weighted by Gasteiger charge is -2.32. The third-order valence-electron chi connectivity index (χ3n) is 5.97. The van der Waals surface area contributed by atoms with E-state index >= 15 is 0 Å². The van der Waals surface area contributed by atoms with Crippen molar-refractivity contribution in [2.75, 3.05) is 0 Å². The average molecular weight is 447 g/mol. The summed E-state index contributed by atoms with van der Waals surface area (Å²) in [4.78, 5) is 31.1. The molecule has 1 aliphatic carbocycles. The Labute approximate surface area is 191 Å². The molecule has 0 radical (unpaired) electrons. The Morgan fingerprint density at radius 3 is 2.53 bits per heavy atom. The first kappa shape index (κ1) is 22.1. The highest BCUT2D eigenvalue weighted by Gasteiger charge is 2.35. The summed E-state index contributed by atoms with van der Waals surface area (Å²) in [6.07, 6.45) is 4.32. The largest absolute Gasteiger partial charge is 0.337 e. The second-order valence-electron chi connectivity index (χ2n) is 8.39. The zero-order valence-electron chi connectivity index (χ0n) is 18.3. The number of fused-ring (bicyclic) bond motifs is 1. The van der Waals surface area contributed by atoms with Gasteiger partial charge in [0.15, 0.2) is 5.16 Å². The van der Waals surface area contributed by atoms with E-state index in [4.69, 9.17) is 4.98 Å². The van der Waals surface area contributed by atoms with Crippen molar-refractivity contribution in [3.8, 4) is 11.8 Å². The Morgan fingerprint density at radius 1 is 1.16 bits per heavy atom. The number of amides is 1. The van der Waals surface area contributed by atoms with Crippen molar-refractivity contribution in [3.63, 3.8) is 0 Å². The van der Waals surface area contributed by atoms with Crippen LogP contribution in [0.5, 0.6) is 0 Å². The third kappa shape index (κ3) is 4.42. The molecule has 1 amide bonds. The minimum atomic E-state index is -0.794. The second-order valence-corrected chi connectivity index (χ2v) is 9.70. The predicted molar refractivity (Wildman–Crippen MR) is 127 cm³/mol. The van der Waals surface area contributed by atoms with Crippen molar-refractivity contribution in [1.29, 1.82) is 5.26 Å². The SMILES string of the molecule is Cc1ccc(-n2c(S[C@@H](C)C(=O)NC3(C#N)CCCCC3)nc3ccccc3c2=O)cc1. The lowest BCUT2D eigenvalue weighted by atomic mass is 9.83. The van der Waals surface area contributed by atoms with E-state index < -0.39 is 10.8 Å². The molecule has 6 nitrogen and oxygen atoms in total. The van der Waals surface area contributed by atoms with E-state index in [1.54, 1.807) is 23.6 Å². The van der Waals surface area contributed by atoms with Crippen LogP contribution in [-0.2, 0) is 4.79 Å². The molecule has 32 heavy (non-hydrogen) atoms. The van der Waals surface area contributed by atoms with Crippen LogP contribution in [0.1, 0.15) is 44.6 Å². The Balaban J connectivity index is 1.69. The fourth-order valence-corrected chi connectivity index (χ4v) is 5.01. The van der Waals surface area contributed by atoms with E-state index in [0.717, 1.165) is 24.8 Å². The summed E-state index contributed by atoms with van der Waals surface area (Å²) in [7, 11) is 0. The molecule has 0 unspecified atom stereocenters. The number of rotatable bonds is 5. The first-order valence-corrected chi connectivity index (χ1v) is 11.8. The first-order valence-electron chi connectivity index (χ1n) is 10.9. The number of aromatic nitrogens is 2. The van der Waals surface area contributed by atoms with Crippen LogP contribution < -0.4 is 10.9 Å². The lowest BCUT2D eigenvalue weighted by Crippen LogP contribution is -2.51. The van der Waals surface area contributed by atoms with E-state index in [1.807, 2.05) is 43.3 Å². The van der Waals surface area contributed by atoms with E-state index in [1.165, 1.54) is 11.8 Å². The van der Waals surface area contributed by atoms with Gasteiger partial charge in [-0.25, -0.2) is 4.98 Å². The number of nitrogens with zero attached hydrogens (tertiary/aromatic N) is 3. The monoisotopic (exact) mass is 446 g/mol. The number of aryl methyl sites for hydroxylation is 1. The Morgan fingerprint density at radius 2 is 1.84 bits per heavy atom. The van der Waals surface area contributed by atoms with Crippen molar-refractivity contribution in [3.05, 3.63) is 64.4 Å². The molecule has 1 aromatic heterocycles. The molecular formula is C25H26N4O2S. The van der Waals surface area contributed by atoms with Gasteiger partial charge in [-0.2, -0.15) is 5.26 Å². The molecule has 4 rings (SSSR count). The van der Waals surface area contributed by atoms with Gasteiger partial charge in [0, 0.05) is 0 Å². The Hall–Kier alpha value is -3.11. The maximum Gasteiger partial charge on any atom is 0.266 e. The summed E-state index contributed by atoms with van der Waals surface area (Å²) in [5, 5.41) is 13.1. The molecule has 7 heteroatoms. The number of nitrogens with one attached hydrogen (secondary N) is 1. The number of hydrogen-bond acceptors (Lipinski definition) is 5. The highest BCUT2D eigenvalue weighted by Crippen LogP contribution is 2.30. The molecule has 0 bridgehead atoms. The van der Waals surface area contributed by atoms with Gasteiger partial charge in [-0.05, 0) is 51.0 Å². The van der Waals surface area contributed by atoms with Crippen molar-refractivity contribution in [1.82, 2.24) is 14.9 Å². The minimum Gasteiger partial charge on any atom is -0.337 e. The smallest absolute Gasteiger partial charge is 0.266 e. The summed E-state index contributed by atoms with van der Waals surface area (Å²) < 4.78 is 1.57. The number of thioether (sulfide) groups is 1. The first-order chi connectivity index (χ1) is 15.4. The summed E-state index contributed by atoms with van der Waals surface area (Å²) in [5.74, 6) is -0.212. The van der Waals surface area contributed by atoms with Crippen LogP contribution in [-0.4, -0.2) is 26.2 Å². The number of carbonyl (C=O) groups excluding carboxylic acids is 1. The highest BCUT2D eigenvalue weighted by molar-refractivity contribution is 8.00. The zero-order chi connectivity index (χ0) is 22.7. The fraction of sp³-hybridized carbons (Fsp3) is 0.360. The maximum atomic E-state index is 13.4. The maximum absolute atomic E-state index is 13.4. The van der Waals surface area contributed by atoms with Crippen LogP contribution in [0.3, 0.4) is 0 Å². The lowest BCUT2D eigenvalue weighted by molar-refractivity contribution is -0.121. The molecule has 1 fully saturated rings. The molecule has 0 saturated heterocycles. The van der Waals surface area contributed by atoms with Gasteiger partial charge in [0.1, 0.15) is 5.54 Å². The summed E-state index contributed by atoms with van der Waals surface area (Å²) in [6, 6.07) is 17.2. The van der Waals surface area contributed by atoms with E-state index in [0.29, 0.717) is 34.6 Å². The Bertz CT molecular complexity index is 1240.